The molecule has 2 rings (SSSR count). The van der Waals surface area contributed by atoms with Gasteiger partial charge in [-0.2, -0.15) is 0 Å². The highest BCUT2D eigenvalue weighted by molar-refractivity contribution is 9.10. The van der Waals surface area contributed by atoms with Gasteiger partial charge in [0.2, 0.25) is 0 Å². The highest BCUT2D eigenvalue weighted by atomic mass is 79.9. The Morgan fingerprint density at radius 1 is 1.50 bits per heavy atom. The van der Waals surface area contributed by atoms with E-state index in [0.29, 0.717) is 5.82 Å². The predicted molar refractivity (Wildman–Crippen MR) is 72.2 cm³/mol. The van der Waals surface area contributed by atoms with Gasteiger partial charge in [-0.05, 0) is 35.0 Å². The van der Waals surface area contributed by atoms with E-state index >= 15 is 0 Å². The molecule has 0 aromatic carbocycles. The predicted octanol–water partition coefficient (Wildman–Crippen LogP) is 4.05. The van der Waals surface area contributed by atoms with E-state index in [-0.39, 0.29) is 0 Å². The van der Waals surface area contributed by atoms with Gasteiger partial charge < -0.3 is 5.32 Å². The lowest BCUT2D eigenvalue weighted by molar-refractivity contribution is 1.11. The molecule has 0 aliphatic rings. The average molecular weight is 319 g/mol. The minimum absolute atomic E-state index is 0.691. The van der Waals surface area contributed by atoms with Crippen LogP contribution in [0.3, 0.4) is 0 Å². The highest BCUT2D eigenvalue weighted by Crippen LogP contribution is 2.30. The lowest BCUT2D eigenvalue weighted by atomic mass is 10.4. The first-order valence-corrected chi connectivity index (χ1v) is 6.71. The maximum Gasteiger partial charge on any atom is 0.171 e. The van der Waals surface area contributed by atoms with Crippen molar-refractivity contribution < 1.29 is 0 Å². The van der Waals surface area contributed by atoms with Crippen LogP contribution in [0.25, 0.3) is 10.7 Å². The van der Waals surface area contributed by atoms with Gasteiger partial charge in [0.05, 0.1) is 13.7 Å². The van der Waals surface area contributed by atoms with Crippen LogP contribution in [-0.4, -0.2) is 16.5 Å². The van der Waals surface area contributed by atoms with Crippen LogP contribution >= 0.6 is 38.9 Å². The SMILES string of the molecule is CCNc1nc(-c2ccc(Cl)s2)ncc1Br. The van der Waals surface area contributed by atoms with Gasteiger partial charge in [-0.15, -0.1) is 11.3 Å². The van der Waals surface area contributed by atoms with Crippen LogP contribution in [-0.2, 0) is 0 Å². The van der Waals surface area contributed by atoms with Crippen LogP contribution in [0, 0.1) is 0 Å². The largest absolute Gasteiger partial charge is 0.369 e. The van der Waals surface area contributed by atoms with E-state index in [1.807, 2.05) is 19.1 Å². The monoisotopic (exact) mass is 317 g/mol. The van der Waals surface area contributed by atoms with Crippen LogP contribution in [0.15, 0.2) is 22.8 Å². The molecule has 0 aliphatic heterocycles. The zero-order chi connectivity index (χ0) is 11.5. The van der Waals surface area contributed by atoms with E-state index in [2.05, 4.69) is 31.2 Å². The Morgan fingerprint density at radius 2 is 2.31 bits per heavy atom. The minimum Gasteiger partial charge on any atom is -0.369 e. The van der Waals surface area contributed by atoms with E-state index in [1.54, 1.807) is 6.20 Å². The van der Waals surface area contributed by atoms with E-state index in [1.165, 1.54) is 11.3 Å². The standard InChI is InChI=1S/C10H9BrClN3S/c1-2-13-9-6(11)5-14-10(15-9)7-3-4-8(12)16-7/h3-5H,2H2,1H3,(H,13,14,15). The summed E-state index contributed by atoms with van der Waals surface area (Å²) in [5.74, 6) is 1.49. The maximum atomic E-state index is 5.88. The third-order valence-corrected chi connectivity index (χ3v) is 3.69. The molecule has 0 spiro atoms. The lowest BCUT2D eigenvalue weighted by Crippen LogP contribution is -2.01. The molecule has 0 radical (unpaired) electrons. The van der Waals surface area contributed by atoms with Gasteiger partial charge in [0.25, 0.3) is 0 Å². The topological polar surface area (TPSA) is 37.8 Å². The molecule has 3 nitrogen and oxygen atoms in total. The number of nitrogens with zero attached hydrogens (tertiary/aromatic N) is 2. The smallest absolute Gasteiger partial charge is 0.171 e. The molecule has 0 bridgehead atoms. The van der Waals surface area contributed by atoms with Gasteiger partial charge >= 0.3 is 0 Å². The molecule has 2 aromatic heterocycles. The van der Waals surface area contributed by atoms with Gasteiger partial charge in [-0.3, -0.25) is 0 Å². The summed E-state index contributed by atoms with van der Waals surface area (Å²) in [6.45, 7) is 2.84. The molecule has 16 heavy (non-hydrogen) atoms. The second kappa shape index (κ2) is 5.12. The summed E-state index contributed by atoms with van der Waals surface area (Å²) in [5, 5.41) is 3.17. The van der Waals surface area contributed by atoms with E-state index < -0.39 is 0 Å². The fourth-order valence-corrected chi connectivity index (χ4v) is 2.53. The summed E-state index contributed by atoms with van der Waals surface area (Å²) in [6, 6.07) is 3.77. The normalized spacial score (nSPS) is 10.4. The van der Waals surface area contributed by atoms with Crippen molar-refractivity contribution in [1.82, 2.24) is 9.97 Å². The molecule has 0 atom stereocenters. The Kier molecular flexibility index (Phi) is 3.78. The molecule has 6 heteroatoms. The summed E-state index contributed by atoms with van der Waals surface area (Å²) in [4.78, 5) is 9.66. The average Bonchev–Trinajstić information content (AvgIpc) is 2.69. The first-order valence-electron chi connectivity index (χ1n) is 4.73. The van der Waals surface area contributed by atoms with Crippen molar-refractivity contribution >= 4 is 44.7 Å². The maximum absolute atomic E-state index is 5.88. The molecule has 0 amide bonds. The number of rotatable bonds is 3. The first-order chi connectivity index (χ1) is 7.70. The Hall–Kier alpha value is -0.650. The van der Waals surface area contributed by atoms with Crippen molar-refractivity contribution in [2.24, 2.45) is 0 Å². The number of halogens is 2. The van der Waals surface area contributed by atoms with Crippen molar-refractivity contribution in [3.8, 4) is 10.7 Å². The molecule has 1 N–H and O–H groups in total. The quantitative estimate of drug-likeness (QED) is 0.927. The van der Waals surface area contributed by atoms with E-state index in [4.69, 9.17) is 11.6 Å². The van der Waals surface area contributed by atoms with Crippen LogP contribution in [0.2, 0.25) is 4.34 Å². The molecule has 0 saturated heterocycles. The fourth-order valence-electron chi connectivity index (χ4n) is 1.21. The third-order valence-electron chi connectivity index (χ3n) is 1.88. The molecule has 2 heterocycles. The van der Waals surface area contributed by atoms with Crippen molar-refractivity contribution in [1.29, 1.82) is 0 Å². The summed E-state index contributed by atoms with van der Waals surface area (Å²) < 4.78 is 1.60. The molecule has 0 saturated carbocycles. The van der Waals surface area contributed by atoms with Crippen molar-refractivity contribution in [3.63, 3.8) is 0 Å². The highest BCUT2D eigenvalue weighted by Gasteiger charge is 2.08. The Balaban J connectivity index is 2.39. The molecule has 0 aliphatic carbocycles. The summed E-state index contributed by atoms with van der Waals surface area (Å²) in [6.07, 6.45) is 1.74. The molecular formula is C10H9BrClN3S. The lowest BCUT2D eigenvalue weighted by Gasteiger charge is -2.05. The number of aromatic nitrogens is 2. The summed E-state index contributed by atoms with van der Waals surface area (Å²) in [5.41, 5.74) is 0. The Labute approximate surface area is 111 Å². The summed E-state index contributed by atoms with van der Waals surface area (Å²) in [7, 11) is 0. The number of anilines is 1. The van der Waals surface area contributed by atoms with Crippen LogP contribution in [0.4, 0.5) is 5.82 Å². The van der Waals surface area contributed by atoms with Crippen molar-refractivity contribution in [3.05, 3.63) is 27.1 Å². The zero-order valence-corrected chi connectivity index (χ0v) is 11.7. The second-order valence-corrected chi connectivity index (χ2v) is 5.59. The fraction of sp³-hybridized carbons (Fsp3) is 0.200. The van der Waals surface area contributed by atoms with Gasteiger partial charge in [0.1, 0.15) is 5.82 Å². The van der Waals surface area contributed by atoms with Gasteiger partial charge in [0, 0.05) is 12.7 Å². The van der Waals surface area contributed by atoms with Gasteiger partial charge in [-0.1, -0.05) is 11.6 Å². The van der Waals surface area contributed by atoms with E-state index in [9.17, 15) is 0 Å². The van der Waals surface area contributed by atoms with Crippen LogP contribution in [0.1, 0.15) is 6.92 Å². The molecule has 0 unspecified atom stereocenters. The number of hydrogen-bond donors (Lipinski definition) is 1. The molecule has 0 fully saturated rings. The zero-order valence-electron chi connectivity index (χ0n) is 8.50. The summed E-state index contributed by atoms with van der Waals surface area (Å²) >= 11 is 10.8. The number of thiophene rings is 1. The number of hydrogen-bond acceptors (Lipinski definition) is 4. The first kappa shape index (κ1) is 11.8. The van der Waals surface area contributed by atoms with Gasteiger partial charge in [-0.25, -0.2) is 9.97 Å². The Morgan fingerprint density at radius 3 is 2.94 bits per heavy atom. The third kappa shape index (κ3) is 2.53. The van der Waals surface area contributed by atoms with E-state index in [0.717, 1.165) is 26.0 Å². The minimum atomic E-state index is 0.691. The van der Waals surface area contributed by atoms with Crippen molar-refractivity contribution in [2.75, 3.05) is 11.9 Å². The van der Waals surface area contributed by atoms with Gasteiger partial charge in [0.15, 0.2) is 5.82 Å². The number of nitrogens with one attached hydrogen (secondary N) is 1. The second-order valence-electron chi connectivity index (χ2n) is 3.02. The van der Waals surface area contributed by atoms with Crippen LogP contribution < -0.4 is 5.32 Å². The Bertz CT molecular complexity index is 501. The molecular weight excluding hydrogens is 310 g/mol. The van der Waals surface area contributed by atoms with Crippen LogP contribution in [0.5, 0.6) is 0 Å². The molecule has 84 valence electrons. The van der Waals surface area contributed by atoms with Crippen molar-refractivity contribution in [2.45, 2.75) is 6.92 Å². The molecule has 2 aromatic rings.